The summed E-state index contributed by atoms with van der Waals surface area (Å²) in [5.41, 5.74) is 0. The summed E-state index contributed by atoms with van der Waals surface area (Å²) in [5.74, 6) is 1.53. The van der Waals surface area contributed by atoms with Crippen LogP contribution < -0.4 is 10.6 Å². The average molecular weight is 443 g/mol. The van der Waals surface area contributed by atoms with Crippen molar-refractivity contribution in [3.8, 4) is 0 Å². The lowest BCUT2D eigenvalue weighted by molar-refractivity contribution is 0.0203. The highest BCUT2D eigenvalue weighted by molar-refractivity contribution is 14.0. The fourth-order valence-electron chi connectivity index (χ4n) is 2.29. The predicted molar refractivity (Wildman–Crippen MR) is 105 cm³/mol. The molecule has 2 N–H and O–H groups in total. The fourth-order valence-corrected chi connectivity index (χ4v) is 2.29. The molecule has 7 heteroatoms. The Morgan fingerprint density at radius 3 is 2.26 bits per heavy atom. The van der Waals surface area contributed by atoms with E-state index in [0.717, 1.165) is 84.4 Å². The molecular weight excluding hydrogens is 409 g/mol. The molecule has 23 heavy (non-hydrogen) atoms. The van der Waals surface area contributed by atoms with Gasteiger partial charge < -0.3 is 24.8 Å². The molecule has 0 spiro atoms. The molecule has 0 aromatic carbocycles. The van der Waals surface area contributed by atoms with Crippen LogP contribution in [0.15, 0.2) is 4.99 Å². The molecule has 0 radical (unpaired) electrons. The molecule has 0 aromatic rings. The highest BCUT2D eigenvalue weighted by Gasteiger charge is 2.13. The largest absolute Gasteiger partial charge is 0.382 e. The van der Waals surface area contributed by atoms with Gasteiger partial charge in [0.2, 0.25) is 0 Å². The molecule has 1 aliphatic rings. The van der Waals surface area contributed by atoms with Gasteiger partial charge in [0.15, 0.2) is 5.96 Å². The Hall–Kier alpha value is -0.120. The van der Waals surface area contributed by atoms with Crippen molar-refractivity contribution in [3.63, 3.8) is 0 Å². The Morgan fingerprint density at radius 2 is 1.70 bits per heavy atom. The maximum Gasteiger partial charge on any atom is 0.190 e. The van der Waals surface area contributed by atoms with Crippen molar-refractivity contribution >= 4 is 29.9 Å². The lowest BCUT2D eigenvalue weighted by atomic mass is 10.0. The maximum absolute atomic E-state index is 5.74. The summed E-state index contributed by atoms with van der Waals surface area (Å²) in [6, 6.07) is 0. The molecule has 0 saturated carbocycles. The van der Waals surface area contributed by atoms with Crippen LogP contribution in [0.2, 0.25) is 0 Å². The van der Waals surface area contributed by atoms with Crippen LogP contribution in [0.5, 0.6) is 0 Å². The summed E-state index contributed by atoms with van der Waals surface area (Å²) in [7, 11) is 1.79. The zero-order valence-corrected chi connectivity index (χ0v) is 17.0. The molecular formula is C16H34IN3O3. The first-order valence-corrected chi connectivity index (χ1v) is 8.54. The summed E-state index contributed by atoms with van der Waals surface area (Å²) in [4.78, 5) is 4.20. The molecule has 1 aliphatic heterocycles. The van der Waals surface area contributed by atoms with Gasteiger partial charge >= 0.3 is 0 Å². The Labute approximate surface area is 158 Å². The molecule has 1 fully saturated rings. The highest BCUT2D eigenvalue weighted by atomic mass is 127. The van der Waals surface area contributed by atoms with Crippen molar-refractivity contribution < 1.29 is 14.2 Å². The summed E-state index contributed by atoms with van der Waals surface area (Å²) < 4.78 is 16.4. The number of hydrogen-bond acceptors (Lipinski definition) is 4. The van der Waals surface area contributed by atoms with Crippen LogP contribution >= 0.6 is 24.0 Å². The van der Waals surface area contributed by atoms with E-state index in [-0.39, 0.29) is 24.0 Å². The van der Waals surface area contributed by atoms with E-state index in [2.05, 4.69) is 15.6 Å². The minimum atomic E-state index is 0. The lowest BCUT2D eigenvalue weighted by Gasteiger charge is -2.21. The molecule has 0 unspecified atom stereocenters. The van der Waals surface area contributed by atoms with E-state index >= 15 is 0 Å². The summed E-state index contributed by atoms with van der Waals surface area (Å²) in [6.45, 7) is 8.78. The quantitative estimate of drug-likeness (QED) is 0.222. The lowest BCUT2D eigenvalue weighted by Crippen LogP contribution is -2.38. The van der Waals surface area contributed by atoms with Gasteiger partial charge in [0.05, 0.1) is 0 Å². The Kier molecular flexibility index (Phi) is 16.6. The predicted octanol–water partition coefficient (Wildman–Crippen LogP) is 2.03. The van der Waals surface area contributed by atoms with Crippen LogP contribution in [0.4, 0.5) is 0 Å². The van der Waals surface area contributed by atoms with Crippen molar-refractivity contribution in [2.24, 2.45) is 10.9 Å². The number of nitrogens with one attached hydrogen (secondary N) is 2. The number of guanidine groups is 1. The van der Waals surface area contributed by atoms with E-state index in [1.807, 2.05) is 6.92 Å². The van der Waals surface area contributed by atoms with Gasteiger partial charge in [-0.2, -0.15) is 0 Å². The standard InChI is InChI=1S/C16H33N3O3.HI/c1-3-20-10-4-8-18-16(17-2)19-9-5-11-22-14-15-6-12-21-13-7-15;/h15H,3-14H2,1-2H3,(H2,17,18,19);1H. The number of halogens is 1. The van der Waals surface area contributed by atoms with Crippen LogP contribution in [-0.4, -0.2) is 65.7 Å². The maximum atomic E-state index is 5.74. The first kappa shape index (κ1) is 22.9. The molecule has 0 amide bonds. The van der Waals surface area contributed by atoms with E-state index in [4.69, 9.17) is 14.2 Å². The third-order valence-corrected chi connectivity index (χ3v) is 3.64. The van der Waals surface area contributed by atoms with E-state index in [9.17, 15) is 0 Å². The van der Waals surface area contributed by atoms with Crippen LogP contribution in [0.25, 0.3) is 0 Å². The monoisotopic (exact) mass is 443 g/mol. The molecule has 1 heterocycles. The van der Waals surface area contributed by atoms with Gasteiger partial charge in [-0.1, -0.05) is 0 Å². The van der Waals surface area contributed by atoms with Gasteiger partial charge in [-0.3, -0.25) is 4.99 Å². The summed E-state index contributed by atoms with van der Waals surface area (Å²) in [6.07, 6.45) is 4.25. The van der Waals surface area contributed by atoms with Gasteiger partial charge in [-0.15, -0.1) is 24.0 Å². The number of ether oxygens (including phenoxy) is 3. The molecule has 0 bridgehead atoms. The molecule has 0 aromatic heterocycles. The minimum absolute atomic E-state index is 0. The Balaban J connectivity index is 0.00000484. The summed E-state index contributed by atoms with van der Waals surface area (Å²) >= 11 is 0. The second-order valence-corrected chi connectivity index (χ2v) is 5.46. The zero-order valence-electron chi connectivity index (χ0n) is 14.6. The van der Waals surface area contributed by atoms with Crippen molar-refractivity contribution in [1.82, 2.24) is 10.6 Å². The van der Waals surface area contributed by atoms with Crippen molar-refractivity contribution in [2.45, 2.75) is 32.6 Å². The smallest absolute Gasteiger partial charge is 0.190 e. The molecule has 0 aliphatic carbocycles. The fraction of sp³-hybridized carbons (Fsp3) is 0.938. The highest BCUT2D eigenvalue weighted by Crippen LogP contribution is 2.14. The van der Waals surface area contributed by atoms with E-state index in [1.165, 1.54) is 0 Å². The molecule has 0 atom stereocenters. The topological polar surface area (TPSA) is 64.1 Å². The Morgan fingerprint density at radius 1 is 1.09 bits per heavy atom. The number of aliphatic imine (C=N–C) groups is 1. The van der Waals surface area contributed by atoms with Crippen molar-refractivity contribution in [2.75, 3.05) is 59.8 Å². The Bertz CT molecular complexity index is 288. The third-order valence-electron chi connectivity index (χ3n) is 3.64. The van der Waals surface area contributed by atoms with Gasteiger partial charge in [0.25, 0.3) is 0 Å². The number of rotatable bonds is 11. The number of hydrogen-bond donors (Lipinski definition) is 2. The normalized spacial score (nSPS) is 16.0. The van der Waals surface area contributed by atoms with Crippen molar-refractivity contribution in [3.05, 3.63) is 0 Å². The van der Waals surface area contributed by atoms with E-state index in [0.29, 0.717) is 5.92 Å². The van der Waals surface area contributed by atoms with Gasteiger partial charge in [0, 0.05) is 59.8 Å². The minimum Gasteiger partial charge on any atom is -0.382 e. The first-order chi connectivity index (χ1) is 10.9. The number of nitrogens with zero attached hydrogens (tertiary/aromatic N) is 1. The van der Waals surface area contributed by atoms with E-state index in [1.54, 1.807) is 7.05 Å². The molecule has 138 valence electrons. The summed E-state index contributed by atoms with van der Waals surface area (Å²) in [5, 5.41) is 6.57. The third kappa shape index (κ3) is 12.9. The van der Waals surface area contributed by atoms with Crippen LogP contribution in [0, 0.1) is 5.92 Å². The van der Waals surface area contributed by atoms with Gasteiger partial charge in [-0.25, -0.2) is 0 Å². The molecule has 6 nitrogen and oxygen atoms in total. The average Bonchev–Trinajstić information content (AvgIpc) is 2.56. The van der Waals surface area contributed by atoms with Crippen LogP contribution in [0.1, 0.15) is 32.6 Å². The first-order valence-electron chi connectivity index (χ1n) is 8.54. The van der Waals surface area contributed by atoms with Gasteiger partial charge in [0.1, 0.15) is 0 Å². The zero-order chi connectivity index (χ0) is 15.9. The van der Waals surface area contributed by atoms with Gasteiger partial charge in [-0.05, 0) is 38.5 Å². The van der Waals surface area contributed by atoms with E-state index < -0.39 is 0 Å². The SMILES string of the molecule is CCOCCCNC(=NC)NCCCOCC1CCOCC1.I. The second kappa shape index (κ2) is 16.7. The van der Waals surface area contributed by atoms with Crippen LogP contribution in [-0.2, 0) is 14.2 Å². The molecule has 1 saturated heterocycles. The van der Waals surface area contributed by atoms with Crippen LogP contribution in [0.3, 0.4) is 0 Å². The second-order valence-electron chi connectivity index (χ2n) is 5.46. The van der Waals surface area contributed by atoms with Crippen molar-refractivity contribution in [1.29, 1.82) is 0 Å². The molecule has 1 rings (SSSR count).